The van der Waals surface area contributed by atoms with Gasteiger partial charge in [0.25, 0.3) is 0 Å². The molecule has 212 valence electrons. The van der Waals surface area contributed by atoms with E-state index in [2.05, 4.69) is 52.8 Å². The quantitative estimate of drug-likeness (QED) is 0.149. The third-order valence-corrected chi connectivity index (χ3v) is 7.13. The minimum Gasteiger partial charge on any atom is -0.454 e. The van der Waals surface area contributed by atoms with Crippen molar-refractivity contribution < 1.29 is 9.53 Å². The lowest BCUT2D eigenvalue weighted by Gasteiger charge is -2.21. The van der Waals surface area contributed by atoms with E-state index in [-0.39, 0.29) is 0 Å². The highest BCUT2D eigenvalue weighted by atomic mass is 35.5. The number of aryl methyl sites for hydroxylation is 1. The molecular formula is C29H32ClN9O2. The fourth-order valence-corrected chi connectivity index (χ4v) is 4.95. The van der Waals surface area contributed by atoms with Gasteiger partial charge in [0.05, 0.1) is 5.69 Å². The summed E-state index contributed by atoms with van der Waals surface area (Å²) in [7, 11) is 1.72. The number of hydrogen-bond donors (Lipinski definition) is 4. The van der Waals surface area contributed by atoms with Crippen molar-refractivity contribution in [3.63, 3.8) is 0 Å². The Morgan fingerprint density at radius 3 is 2.66 bits per heavy atom. The van der Waals surface area contributed by atoms with Crippen LogP contribution in [0.25, 0.3) is 22.5 Å². The van der Waals surface area contributed by atoms with E-state index in [4.69, 9.17) is 16.3 Å². The summed E-state index contributed by atoms with van der Waals surface area (Å²) in [6.45, 7) is 2.12. The number of nitrogens with one attached hydrogen (secondary N) is 4. The molecule has 5 rings (SSSR count). The molecule has 0 saturated heterocycles. The summed E-state index contributed by atoms with van der Waals surface area (Å²) >= 11 is 6.62. The molecule has 0 saturated carbocycles. The van der Waals surface area contributed by atoms with Gasteiger partial charge in [-0.25, -0.2) is 9.97 Å². The zero-order valence-electron chi connectivity index (χ0n) is 22.9. The number of imidazole rings is 2. The minimum absolute atomic E-state index is 0.292. The molecule has 0 unspecified atom stereocenters. The van der Waals surface area contributed by atoms with Gasteiger partial charge < -0.3 is 20.0 Å². The smallest absolute Gasteiger partial charge is 0.324 e. The number of halogens is 1. The van der Waals surface area contributed by atoms with Crippen LogP contribution in [0.5, 0.6) is 0 Å². The molecule has 2 atom stereocenters. The van der Waals surface area contributed by atoms with E-state index in [1.165, 1.54) is 0 Å². The predicted octanol–water partition coefficient (Wildman–Crippen LogP) is 4.63. The Kier molecular flexibility index (Phi) is 9.17. The van der Waals surface area contributed by atoms with Crippen LogP contribution in [-0.4, -0.2) is 59.6 Å². The van der Waals surface area contributed by atoms with Gasteiger partial charge in [-0.3, -0.25) is 4.79 Å². The highest BCUT2D eigenvalue weighted by Crippen LogP contribution is 2.34. The van der Waals surface area contributed by atoms with Crippen LogP contribution in [-0.2, 0) is 28.8 Å². The molecular weight excluding hydrogens is 542 g/mol. The van der Waals surface area contributed by atoms with E-state index >= 15 is 0 Å². The van der Waals surface area contributed by atoms with Gasteiger partial charge in [0.2, 0.25) is 5.82 Å². The van der Waals surface area contributed by atoms with Crippen molar-refractivity contribution in [3.8, 4) is 22.5 Å². The molecule has 0 amide bonds. The van der Waals surface area contributed by atoms with E-state index in [9.17, 15) is 4.79 Å². The van der Waals surface area contributed by atoms with Crippen LogP contribution >= 0.6 is 11.6 Å². The lowest BCUT2D eigenvalue weighted by molar-refractivity contribution is -0.152. The number of esters is 1. The van der Waals surface area contributed by atoms with E-state index in [0.717, 1.165) is 47.3 Å². The van der Waals surface area contributed by atoms with Gasteiger partial charge in [-0.1, -0.05) is 67.4 Å². The number of unbranched alkanes of at least 4 members (excludes halogenated alkanes) is 1. The zero-order chi connectivity index (χ0) is 28.6. The normalized spacial score (nSPS) is 12.8. The summed E-state index contributed by atoms with van der Waals surface area (Å²) < 4.78 is 6.14. The molecule has 41 heavy (non-hydrogen) atoms. The SMILES string of the molecule is CCCCc1nc(Cl)c([C@@H](Cc2ccc(-c3ccccc3)c(-c3nn[nH]n3)c2)OC(=O)[C@@H](Cc2ncc[nH]2)NC)[nH]1. The number of H-pyrrole nitrogens is 3. The second-order valence-corrected chi connectivity index (χ2v) is 10.0. The van der Waals surface area contributed by atoms with Crippen molar-refractivity contribution in [1.82, 2.24) is 45.9 Å². The number of carbonyl (C=O) groups excluding carboxylic acids is 1. The van der Waals surface area contributed by atoms with E-state index < -0.39 is 18.1 Å². The summed E-state index contributed by atoms with van der Waals surface area (Å²) in [5, 5.41) is 18.1. The number of hydrogen-bond acceptors (Lipinski definition) is 8. The average Bonchev–Trinajstić information content (AvgIpc) is 3.78. The molecule has 0 spiro atoms. The van der Waals surface area contributed by atoms with Crippen molar-refractivity contribution in [1.29, 1.82) is 0 Å². The number of benzene rings is 2. The maximum atomic E-state index is 13.4. The number of aromatic nitrogens is 8. The van der Waals surface area contributed by atoms with Crippen molar-refractivity contribution in [2.75, 3.05) is 7.05 Å². The van der Waals surface area contributed by atoms with Crippen LogP contribution in [0.4, 0.5) is 0 Å². The summed E-state index contributed by atoms with van der Waals surface area (Å²) in [6.07, 6.45) is 6.09. The Morgan fingerprint density at radius 1 is 1.10 bits per heavy atom. The largest absolute Gasteiger partial charge is 0.454 e. The van der Waals surface area contributed by atoms with Crippen LogP contribution in [0.2, 0.25) is 5.15 Å². The number of tetrazole rings is 1. The molecule has 0 radical (unpaired) electrons. The molecule has 0 fully saturated rings. The maximum absolute atomic E-state index is 13.4. The van der Waals surface area contributed by atoms with Crippen molar-refractivity contribution in [2.24, 2.45) is 0 Å². The maximum Gasteiger partial charge on any atom is 0.324 e. The van der Waals surface area contributed by atoms with Gasteiger partial charge in [0.15, 0.2) is 5.15 Å². The molecule has 5 aromatic rings. The van der Waals surface area contributed by atoms with Crippen LogP contribution in [0.3, 0.4) is 0 Å². The summed E-state index contributed by atoms with van der Waals surface area (Å²) in [6, 6.07) is 15.4. The fourth-order valence-electron chi connectivity index (χ4n) is 4.68. The predicted molar refractivity (Wildman–Crippen MR) is 155 cm³/mol. The summed E-state index contributed by atoms with van der Waals surface area (Å²) in [4.78, 5) is 28.5. The van der Waals surface area contributed by atoms with Gasteiger partial charge in [0.1, 0.15) is 23.8 Å². The third kappa shape index (κ3) is 6.87. The fraction of sp³-hybridized carbons (Fsp3) is 0.310. The number of nitrogens with zero attached hydrogens (tertiary/aromatic N) is 5. The van der Waals surface area contributed by atoms with Crippen LogP contribution in [0.1, 0.15) is 48.8 Å². The molecule has 0 aliphatic carbocycles. The molecule has 0 bridgehead atoms. The molecule has 2 aromatic carbocycles. The highest BCUT2D eigenvalue weighted by Gasteiger charge is 2.28. The van der Waals surface area contributed by atoms with E-state index in [1.54, 1.807) is 19.4 Å². The standard InChI is InChI=1S/C29H32ClN9O2/c1-3-4-10-24-34-26(27(30)35-24)23(41-29(40)22(31-2)17-25-32-13-14-33-25)16-18-11-12-20(19-8-6-5-7-9-19)21(15-18)28-36-38-39-37-28/h5-9,11-15,22-23,31H,3-4,10,16-17H2,1-2H3,(H,32,33)(H,34,35)(H,36,37,38,39)/t22-,23-/m1/s1. The first-order chi connectivity index (χ1) is 20.1. The Hall–Kier alpha value is -4.35. The monoisotopic (exact) mass is 573 g/mol. The molecule has 11 nitrogen and oxygen atoms in total. The van der Waals surface area contributed by atoms with E-state index in [0.29, 0.717) is 35.3 Å². The summed E-state index contributed by atoms with van der Waals surface area (Å²) in [5.41, 5.74) is 4.24. The van der Waals surface area contributed by atoms with Gasteiger partial charge in [-0.05, 0) is 41.4 Å². The molecule has 0 aliphatic heterocycles. The highest BCUT2D eigenvalue weighted by molar-refractivity contribution is 6.30. The number of ether oxygens (including phenoxy) is 1. The molecule has 0 aliphatic rings. The van der Waals surface area contributed by atoms with Crippen LogP contribution in [0.15, 0.2) is 60.9 Å². The van der Waals surface area contributed by atoms with Gasteiger partial charge in [0, 0.05) is 37.2 Å². The second kappa shape index (κ2) is 13.3. The number of carbonyl (C=O) groups is 1. The number of likely N-dealkylation sites (N-methyl/N-ethyl adjacent to an activating group) is 1. The Morgan fingerprint density at radius 2 is 1.95 bits per heavy atom. The first-order valence-electron chi connectivity index (χ1n) is 13.6. The first kappa shape index (κ1) is 28.2. The molecule has 3 aromatic heterocycles. The Bertz CT molecular complexity index is 1540. The third-order valence-electron chi connectivity index (χ3n) is 6.84. The van der Waals surface area contributed by atoms with Gasteiger partial charge in [-0.15, -0.1) is 10.2 Å². The molecule has 12 heteroatoms. The average molecular weight is 574 g/mol. The number of aromatic amines is 3. The second-order valence-electron chi connectivity index (χ2n) is 9.68. The van der Waals surface area contributed by atoms with Crippen molar-refractivity contribution in [3.05, 3.63) is 89.0 Å². The first-order valence-corrected chi connectivity index (χ1v) is 14.0. The van der Waals surface area contributed by atoms with E-state index in [1.807, 2.05) is 48.5 Å². The number of rotatable bonds is 13. The van der Waals surface area contributed by atoms with Gasteiger partial charge in [-0.2, -0.15) is 5.21 Å². The van der Waals surface area contributed by atoms with Crippen molar-refractivity contribution in [2.45, 2.75) is 51.2 Å². The Labute approximate surface area is 242 Å². The lowest BCUT2D eigenvalue weighted by Crippen LogP contribution is -2.38. The van der Waals surface area contributed by atoms with Crippen LogP contribution < -0.4 is 5.32 Å². The molecule has 4 N–H and O–H groups in total. The van der Waals surface area contributed by atoms with Crippen molar-refractivity contribution >= 4 is 17.6 Å². The zero-order valence-corrected chi connectivity index (χ0v) is 23.7. The summed E-state index contributed by atoms with van der Waals surface area (Å²) in [5.74, 6) is 1.49. The topological polar surface area (TPSA) is 150 Å². The minimum atomic E-state index is -0.717. The van der Waals surface area contributed by atoms with Crippen LogP contribution in [0, 0.1) is 0 Å². The van der Waals surface area contributed by atoms with Gasteiger partial charge >= 0.3 is 5.97 Å². The molecule has 3 heterocycles. The Balaban J connectivity index is 1.48. The lowest BCUT2D eigenvalue weighted by atomic mass is 9.95.